The van der Waals surface area contributed by atoms with E-state index in [4.69, 9.17) is 4.74 Å². The largest absolute Gasteiger partial charge is 0.379 e. The number of hydrogen-bond donors (Lipinski definition) is 2. The summed E-state index contributed by atoms with van der Waals surface area (Å²) in [5.74, 6) is 0.647. The average Bonchev–Trinajstić information content (AvgIpc) is 3.47. The van der Waals surface area contributed by atoms with Crippen LogP contribution in [0.5, 0.6) is 0 Å². The minimum atomic E-state index is -0.785. The Labute approximate surface area is 190 Å². The number of halogens is 1. The maximum Gasteiger partial charge on any atom is 0.237 e. The molecule has 6 unspecified atom stereocenters. The van der Waals surface area contributed by atoms with E-state index in [-0.39, 0.29) is 41.9 Å². The normalized spacial score (nSPS) is 43.3. The van der Waals surface area contributed by atoms with Crippen LogP contribution in [0.25, 0.3) is 0 Å². The van der Waals surface area contributed by atoms with Crippen LogP contribution < -0.4 is 10.6 Å². The fourth-order valence-electron chi connectivity index (χ4n) is 6.90. The van der Waals surface area contributed by atoms with Crippen molar-refractivity contribution in [3.63, 3.8) is 0 Å². The molecule has 2 N–H and O–H groups in total. The molecule has 3 heterocycles. The number of alkyl halides is 1. The van der Waals surface area contributed by atoms with Gasteiger partial charge in [0.05, 0.1) is 25.2 Å². The molecule has 3 saturated heterocycles. The highest BCUT2D eigenvalue weighted by Crippen LogP contribution is 2.38. The van der Waals surface area contributed by atoms with Crippen molar-refractivity contribution in [1.29, 1.82) is 0 Å². The average molecular weight is 451 g/mol. The predicted octanol–water partition coefficient (Wildman–Crippen LogP) is 1.46. The number of hydrogen-bond acceptors (Lipinski definition) is 5. The van der Waals surface area contributed by atoms with Gasteiger partial charge in [-0.1, -0.05) is 6.92 Å². The maximum atomic E-state index is 14.4. The zero-order valence-electron chi connectivity index (χ0n) is 19.3. The van der Waals surface area contributed by atoms with Gasteiger partial charge in [-0.3, -0.25) is 14.5 Å². The van der Waals surface area contributed by atoms with E-state index in [1.165, 1.54) is 0 Å². The standard InChI is InChI=1S/C24H39FN4O3/c1-15-5-6-20(25)19-12-21(27-23(15)19)24(31)26-16-3-2-4-17(11-16)28-8-9-29(22(30)13-28)18-7-10-32-14-18/h15-21,23,27H,2-14H2,1H3,(H,26,31)/t15?,16-,17+,18?,19?,20?,21?,23?/m1/s1. The first-order valence-electron chi connectivity index (χ1n) is 12.8. The lowest BCUT2D eigenvalue weighted by Crippen LogP contribution is -2.58. The number of carbonyl (C=O) groups is 2. The summed E-state index contributed by atoms with van der Waals surface area (Å²) in [7, 11) is 0. The third-order valence-electron chi connectivity index (χ3n) is 8.80. The smallest absolute Gasteiger partial charge is 0.237 e. The second-order valence-corrected chi connectivity index (χ2v) is 10.8. The summed E-state index contributed by atoms with van der Waals surface area (Å²) < 4.78 is 19.9. The number of nitrogens with zero attached hydrogens (tertiary/aromatic N) is 2. The van der Waals surface area contributed by atoms with Gasteiger partial charge < -0.3 is 20.3 Å². The van der Waals surface area contributed by atoms with Gasteiger partial charge in [-0.15, -0.1) is 0 Å². The minimum absolute atomic E-state index is 0.0267. The maximum absolute atomic E-state index is 14.4. The molecule has 5 rings (SSSR count). The molecule has 0 bridgehead atoms. The van der Waals surface area contributed by atoms with Crippen molar-refractivity contribution < 1.29 is 18.7 Å². The van der Waals surface area contributed by atoms with Gasteiger partial charge in [0.15, 0.2) is 0 Å². The molecular formula is C24H39FN4O3. The van der Waals surface area contributed by atoms with E-state index in [9.17, 15) is 14.0 Å². The van der Waals surface area contributed by atoms with Crippen LogP contribution in [0.4, 0.5) is 4.39 Å². The van der Waals surface area contributed by atoms with E-state index in [1.807, 2.05) is 4.90 Å². The van der Waals surface area contributed by atoms with Crippen molar-refractivity contribution in [2.45, 2.75) is 94.7 Å². The Morgan fingerprint density at radius 1 is 1.12 bits per heavy atom. The van der Waals surface area contributed by atoms with Crippen LogP contribution in [0.15, 0.2) is 0 Å². The number of ether oxygens (including phenoxy) is 1. The Morgan fingerprint density at radius 3 is 2.75 bits per heavy atom. The second-order valence-electron chi connectivity index (χ2n) is 10.8. The number of carbonyl (C=O) groups excluding carboxylic acids is 2. The number of rotatable bonds is 4. The van der Waals surface area contributed by atoms with Gasteiger partial charge in [0, 0.05) is 43.7 Å². The van der Waals surface area contributed by atoms with Gasteiger partial charge in [0.1, 0.15) is 6.17 Å². The molecule has 32 heavy (non-hydrogen) atoms. The zero-order valence-corrected chi connectivity index (χ0v) is 19.3. The molecule has 7 nitrogen and oxygen atoms in total. The lowest BCUT2D eigenvalue weighted by Gasteiger charge is -2.43. The summed E-state index contributed by atoms with van der Waals surface area (Å²) >= 11 is 0. The number of piperazine rings is 1. The van der Waals surface area contributed by atoms with Crippen LogP contribution in [-0.4, -0.2) is 90.8 Å². The van der Waals surface area contributed by atoms with E-state index < -0.39 is 6.17 Å². The lowest BCUT2D eigenvalue weighted by molar-refractivity contribution is -0.140. The molecule has 0 aromatic heterocycles. The fourth-order valence-corrected chi connectivity index (χ4v) is 6.90. The first-order valence-corrected chi connectivity index (χ1v) is 12.8. The van der Waals surface area contributed by atoms with Crippen LogP contribution in [-0.2, 0) is 14.3 Å². The van der Waals surface area contributed by atoms with Gasteiger partial charge in [0.2, 0.25) is 11.8 Å². The monoisotopic (exact) mass is 450 g/mol. The first-order chi connectivity index (χ1) is 15.5. The quantitative estimate of drug-likeness (QED) is 0.679. The third-order valence-corrected chi connectivity index (χ3v) is 8.80. The Morgan fingerprint density at radius 2 is 2.00 bits per heavy atom. The van der Waals surface area contributed by atoms with E-state index >= 15 is 0 Å². The van der Waals surface area contributed by atoms with Crippen molar-refractivity contribution in [2.75, 3.05) is 32.8 Å². The second kappa shape index (κ2) is 9.55. The summed E-state index contributed by atoms with van der Waals surface area (Å²) in [6.07, 6.45) is 6.32. The summed E-state index contributed by atoms with van der Waals surface area (Å²) in [6.45, 7) is 5.75. The van der Waals surface area contributed by atoms with Crippen LogP contribution in [0.1, 0.15) is 58.3 Å². The summed E-state index contributed by atoms with van der Waals surface area (Å²) in [6, 6.07) is 0.580. The summed E-state index contributed by atoms with van der Waals surface area (Å²) in [5.41, 5.74) is 0. The van der Waals surface area contributed by atoms with Crippen LogP contribution in [0.3, 0.4) is 0 Å². The van der Waals surface area contributed by atoms with Crippen molar-refractivity contribution >= 4 is 11.8 Å². The first kappa shape index (κ1) is 22.5. The molecule has 2 amide bonds. The minimum Gasteiger partial charge on any atom is -0.379 e. The highest BCUT2D eigenvalue weighted by molar-refractivity contribution is 5.82. The zero-order chi connectivity index (χ0) is 22.2. The Balaban J connectivity index is 1.12. The van der Waals surface area contributed by atoms with Gasteiger partial charge in [0.25, 0.3) is 0 Å². The molecule has 3 aliphatic heterocycles. The molecule has 0 spiro atoms. The van der Waals surface area contributed by atoms with Crippen LogP contribution in [0.2, 0.25) is 0 Å². The molecule has 0 radical (unpaired) electrons. The van der Waals surface area contributed by atoms with Gasteiger partial charge in [-0.25, -0.2) is 4.39 Å². The van der Waals surface area contributed by atoms with E-state index in [0.717, 1.165) is 58.2 Å². The topological polar surface area (TPSA) is 73.9 Å². The van der Waals surface area contributed by atoms with Crippen molar-refractivity contribution in [3.8, 4) is 0 Å². The number of nitrogens with one attached hydrogen (secondary N) is 2. The molecule has 2 aliphatic carbocycles. The van der Waals surface area contributed by atoms with E-state index in [2.05, 4.69) is 22.5 Å². The molecule has 2 saturated carbocycles. The van der Waals surface area contributed by atoms with Crippen LogP contribution >= 0.6 is 0 Å². The molecule has 5 fully saturated rings. The Hall–Kier alpha value is -1.25. The molecular weight excluding hydrogens is 411 g/mol. The predicted molar refractivity (Wildman–Crippen MR) is 119 cm³/mol. The molecule has 5 aliphatic rings. The molecule has 8 atom stereocenters. The van der Waals surface area contributed by atoms with Crippen molar-refractivity contribution in [3.05, 3.63) is 0 Å². The van der Waals surface area contributed by atoms with Crippen LogP contribution in [0, 0.1) is 11.8 Å². The van der Waals surface area contributed by atoms with Crippen molar-refractivity contribution in [1.82, 2.24) is 20.4 Å². The van der Waals surface area contributed by atoms with Gasteiger partial charge >= 0.3 is 0 Å². The summed E-state index contributed by atoms with van der Waals surface area (Å²) in [5, 5.41) is 6.72. The number of amides is 2. The Kier molecular flexibility index (Phi) is 6.72. The highest BCUT2D eigenvalue weighted by Gasteiger charge is 2.46. The Bertz CT molecular complexity index is 685. The third kappa shape index (κ3) is 4.55. The fraction of sp³-hybridized carbons (Fsp3) is 0.917. The molecule has 0 aromatic rings. The van der Waals surface area contributed by atoms with E-state index in [1.54, 1.807) is 0 Å². The highest BCUT2D eigenvalue weighted by atomic mass is 19.1. The van der Waals surface area contributed by atoms with E-state index in [0.29, 0.717) is 38.0 Å². The van der Waals surface area contributed by atoms with Gasteiger partial charge in [-0.2, -0.15) is 0 Å². The molecule has 8 heteroatoms. The molecule has 0 aromatic carbocycles. The van der Waals surface area contributed by atoms with Gasteiger partial charge in [-0.05, 0) is 57.3 Å². The SMILES string of the molecule is CC1CCC(F)C2CC(C(=O)N[C@@H]3CCC[C@H](N4CCN(C5CCOC5)C(=O)C4)C3)NC12. The lowest BCUT2D eigenvalue weighted by atomic mass is 9.77. The molecule has 180 valence electrons. The number of fused-ring (bicyclic) bond motifs is 1. The summed E-state index contributed by atoms with van der Waals surface area (Å²) in [4.78, 5) is 30.1. The van der Waals surface area contributed by atoms with Crippen molar-refractivity contribution in [2.24, 2.45) is 11.8 Å².